The van der Waals surface area contributed by atoms with Crippen LogP contribution in [0.1, 0.15) is 25.5 Å². The van der Waals surface area contributed by atoms with Crippen molar-refractivity contribution in [3.05, 3.63) is 28.5 Å². The third-order valence-electron chi connectivity index (χ3n) is 2.64. The molecule has 0 aliphatic heterocycles. The molecular weight excluding hydrogens is 268 g/mol. The third kappa shape index (κ3) is 3.45. The van der Waals surface area contributed by atoms with E-state index in [2.05, 4.69) is 0 Å². The number of aromatic hydroxyl groups is 1. The first kappa shape index (κ1) is 16.4. The molecule has 0 aliphatic carbocycles. The summed E-state index contributed by atoms with van der Waals surface area (Å²) in [6.45, 7) is 3.26. The fraction of sp³-hybridized carbons (Fsp3) is 0.455. The highest BCUT2D eigenvalue weighted by atomic mass is 35.5. The van der Waals surface area contributed by atoms with Gasteiger partial charge in [0.05, 0.1) is 0 Å². The van der Waals surface area contributed by atoms with Crippen molar-refractivity contribution in [1.29, 1.82) is 0 Å². The smallest absolute Gasteiger partial charge is 0.166 e. The molecule has 4 N–H and O–H groups in total. The number of aliphatic hydroxyl groups excluding tert-OH is 1. The van der Waals surface area contributed by atoms with Gasteiger partial charge < -0.3 is 15.9 Å². The lowest BCUT2D eigenvalue weighted by Gasteiger charge is -2.30. The standard InChI is InChI=1S/C11H15ClFNO2.ClH/c1-11(2,5-15)10(14)7-3-6(12)4-8(13)9(7)16;/h3-4,10,15-16H,5,14H2,1-2H3;1H/t10-;/m1./s1. The van der Waals surface area contributed by atoms with Gasteiger partial charge in [-0.15, -0.1) is 12.4 Å². The van der Waals surface area contributed by atoms with Gasteiger partial charge in [-0.05, 0) is 12.1 Å². The van der Waals surface area contributed by atoms with Gasteiger partial charge in [0, 0.05) is 28.6 Å². The fourth-order valence-electron chi connectivity index (χ4n) is 1.34. The average molecular weight is 284 g/mol. The molecule has 1 rings (SSSR count). The van der Waals surface area contributed by atoms with Crippen LogP contribution in [0.5, 0.6) is 5.75 Å². The van der Waals surface area contributed by atoms with Gasteiger partial charge in [0.1, 0.15) is 0 Å². The van der Waals surface area contributed by atoms with Crippen LogP contribution in [0, 0.1) is 11.2 Å². The van der Waals surface area contributed by atoms with Crippen molar-refractivity contribution in [3.63, 3.8) is 0 Å². The highest BCUT2D eigenvalue weighted by Gasteiger charge is 2.30. The first-order chi connectivity index (χ1) is 7.29. The van der Waals surface area contributed by atoms with E-state index >= 15 is 0 Å². The summed E-state index contributed by atoms with van der Waals surface area (Å²) < 4.78 is 13.2. The van der Waals surface area contributed by atoms with Crippen LogP contribution in [-0.2, 0) is 0 Å². The Morgan fingerprint density at radius 1 is 1.47 bits per heavy atom. The van der Waals surface area contributed by atoms with Crippen LogP contribution >= 0.6 is 24.0 Å². The van der Waals surface area contributed by atoms with Gasteiger partial charge in [-0.1, -0.05) is 25.4 Å². The Labute approximate surface area is 111 Å². The second-order valence-corrected chi connectivity index (χ2v) is 4.89. The SMILES string of the molecule is CC(C)(CO)[C@H](N)c1cc(Cl)cc(F)c1O.Cl. The Bertz CT molecular complexity index is 399. The van der Waals surface area contributed by atoms with Crippen molar-refractivity contribution in [2.75, 3.05) is 6.61 Å². The Hall–Kier alpha value is -0.550. The second-order valence-electron chi connectivity index (χ2n) is 4.45. The minimum Gasteiger partial charge on any atom is -0.505 e. The molecular formula is C11H16Cl2FNO2. The van der Waals surface area contributed by atoms with E-state index in [9.17, 15) is 9.50 Å². The minimum absolute atomic E-state index is 0. The number of halogens is 3. The van der Waals surface area contributed by atoms with Crippen LogP contribution in [0.2, 0.25) is 5.02 Å². The number of aliphatic hydroxyl groups is 1. The van der Waals surface area contributed by atoms with E-state index < -0.39 is 23.0 Å². The lowest BCUT2D eigenvalue weighted by atomic mass is 9.81. The fourth-order valence-corrected chi connectivity index (χ4v) is 1.56. The molecule has 0 spiro atoms. The summed E-state index contributed by atoms with van der Waals surface area (Å²) in [6, 6.07) is 1.71. The second kappa shape index (κ2) is 5.87. The highest BCUT2D eigenvalue weighted by Crippen LogP contribution is 2.37. The largest absolute Gasteiger partial charge is 0.505 e. The molecule has 1 aromatic rings. The molecule has 0 saturated carbocycles. The maximum atomic E-state index is 13.2. The lowest BCUT2D eigenvalue weighted by molar-refractivity contribution is 0.131. The lowest BCUT2D eigenvalue weighted by Crippen LogP contribution is -2.32. The van der Waals surface area contributed by atoms with Gasteiger partial charge >= 0.3 is 0 Å². The molecule has 0 amide bonds. The van der Waals surface area contributed by atoms with E-state index in [0.29, 0.717) is 0 Å². The van der Waals surface area contributed by atoms with Crippen molar-refractivity contribution < 1.29 is 14.6 Å². The maximum Gasteiger partial charge on any atom is 0.166 e. The summed E-state index contributed by atoms with van der Waals surface area (Å²) in [5, 5.41) is 18.9. The molecule has 1 aromatic carbocycles. The Kier molecular flexibility index (Phi) is 5.68. The van der Waals surface area contributed by atoms with Crippen LogP contribution in [0.3, 0.4) is 0 Å². The number of phenols is 1. The van der Waals surface area contributed by atoms with Crippen molar-refractivity contribution in [2.45, 2.75) is 19.9 Å². The number of benzene rings is 1. The summed E-state index contributed by atoms with van der Waals surface area (Å²) in [5.41, 5.74) is 5.40. The summed E-state index contributed by atoms with van der Waals surface area (Å²) in [5.74, 6) is -1.33. The van der Waals surface area contributed by atoms with E-state index in [-0.39, 0.29) is 29.6 Å². The zero-order chi connectivity index (χ0) is 12.5. The molecule has 0 fully saturated rings. The van der Waals surface area contributed by atoms with Gasteiger partial charge in [0.25, 0.3) is 0 Å². The molecule has 98 valence electrons. The number of phenolic OH excluding ortho intramolecular Hbond substituents is 1. The molecule has 0 bridgehead atoms. The first-order valence-electron chi connectivity index (χ1n) is 4.84. The number of nitrogens with two attached hydrogens (primary N) is 1. The molecule has 3 nitrogen and oxygen atoms in total. The van der Waals surface area contributed by atoms with E-state index in [1.165, 1.54) is 6.07 Å². The van der Waals surface area contributed by atoms with Gasteiger partial charge in [-0.3, -0.25) is 0 Å². The number of hydrogen-bond acceptors (Lipinski definition) is 3. The first-order valence-corrected chi connectivity index (χ1v) is 5.21. The molecule has 0 saturated heterocycles. The van der Waals surface area contributed by atoms with E-state index in [1.807, 2.05) is 0 Å². The van der Waals surface area contributed by atoms with Crippen LogP contribution < -0.4 is 5.73 Å². The summed E-state index contributed by atoms with van der Waals surface area (Å²) >= 11 is 5.69. The molecule has 1 atom stereocenters. The highest BCUT2D eigenvalue weighted by molar-refractivity contribution is 6.30. The molecule has 17 heavy (non-hydrogen) atoms. The monoisotopic (exact) mass is 283 g/mol. The Balaban J connectivity index is 0.00000256. The van der Waals surface area contributed by atoms with Crippen LogP contribution in [0.4, 0.5) is 4.39 Å². The zero-order valence-corrected chi connectivity index (χ0v) is 11.1. The van der Waals surface area contributed by atoms with Gasteiger partial charge in [-0.25, -0.2) is 4.39 Å². The summed E-state index contributed by atoms with van der Waals surface area (Å²) in [7, 11) is 0. The van der Waals surface area contributed by atoms with E-state index in [1.54, 1.807) is 13.8 Å². The van der Waals surface area contributed by atoms with Crippen LogP contribution in [0.25, 0.3) is 0 Å². The van der Waals surface area contributed by atoms with Crippen molar-refractivity contribution in [3.8, 4) is 5.75 Å². The zero-order valence-electron chi connectivity index (χ0n) is 9.58. The predicted molar refractivity (Wildman–Crippen MR) is 68.1 cm³/mol. The normalized spacial score (nSPS) is 13.1. The quantitative estimate of drug-likeness (QED) is 0.799. The topological polar surface area (TPSA) is 66.5 Å². The summed E-state index contributed by atoms with van der Waals surface area (Å²) in [6.07, 6.45) is 0. The molecule has 0 aromatic heterocycles. The van der Waals surface area contributed by atoms with E-state index in [4.69, 9.17) is 22.4 Å². The number of hydrogen-bond donors (Lipinski definition) is 3. The molecule has 0 unspecified atom stereocenters. The number of rotatable bonds is 3. The van der Waals surface area contributed by atoms with Gasteiger partial charge in [-0.2, -0.15) is 0 Å². The van der Waals surface area contributed by atoms with Gasteiger partial charge in [0.15, 0.2) is 11.6 Å². The predicted octanol–water partition coefficient (Wildman–Crippen LogP) is 2.62. The molecule has 6 heteroatoms. The van der Waals surface area contributed by atoms with Gasteiger partial charge in [0.2, 0.25) is 0 Å². The minimum atomic E-state index is -0.813. The Morgan fingerprint density at radius 3 is 2.47 bits per heavy atom. The van der Waals surface area contributed by atoms with Crippen molar-refractivity contribution in [2.24, 2.45) is 11.1 Å². The maximum absolute atomic E-state index is 13.2. The van der Waals surface area contributed by atoms with Crippen molar-refractivity contribution in [1.82, 2.24) is 0 Å². The Morgan fingerprint density at radius 2 is 2.00 bits per heavy atom. The van der Waals surface area contributed by atoms with E-state index in [0.717, 1.165) is 6.07 Å². The summed E-state index contributed by atoms with van der Waals surface area (Å²) in [4.78, 5) is 0. The van der Waals surface area contributed by atoms with Crippen LogP contribution in [-0.4, -0.2) is 16.8 Å². The third-order valence-corrected chi connectivity index (χ3v) is 2.86. The molecule has 0 aliphatic rings. The average Bonchev–Trinajstić information content (AvgIpc) is 2.22. The molecule has 0 radical (unpaired) electrons. The molecule has 0 heterocycles. The van der Waals surface area contributed by atoms with Crippen molar-refractivity contribution >= 4 is 24.0 Å². The van der Waals surface area contributed by atoms with Crippen LogP contribution in [0.15, 0.2) is 12.1 Å².